The zero-order valence-corrected chi connectivity index (χ0v) is 20.5. The fraction of sp³-hybridized carbons (Fsp3) is 0.444. The SMILES string of the molecule is CCC(C)CCCOC(CC)C(=O)NCC#N.Cc1ccc(-c2ccc3oc(=O)[nH]c3c2)cc1. The van der Waals surface area contributed by atoms with Gasteiger partial charge >= 0.3 is 5.76 Å². The van der Waals surface area contributed by atoms with Gasteiger partial charge in [-0.1, -0.05) is 63.1 Å². The van der Waals surface area contributed by atoms with E-state index in [0.29, 0.717) is 24.5 Å². The van der Waals surface area contributed by atoms with E-state index >= 15 is 0 Å². The topological polar surface area (TPSA) is 108 Å². The van der Waals surface area contributed by atoms with E-state index in [0.717, 1.165) is 29.5 Å². The molecular weight excluding hydrogens is 430 g/mol. The van der Waals surface area contributed by atoms with Crippen molar-refractivity contribution in [3.05, 3.63) is 58.6 Å². The van der Waals surface area contributed by atoms with Crippen LogP contribution in [0.4, 0.5) is 0 Å². The van der Waals surface area contributed by atoms with Crippen LogP contribution in [0.5, 0.6) is 0 Å². The summed E-state index contributed by atoms with van der Waals surface area (Å²) >= 11 is 0. The van der Waals surface area contributed by atoms with Crippen LogP contribution in [0, 0.1) is 24.2 Å². The maximum absolute atomic E-state index is 11.5. The molecule has 1 aromatic heterocycles. The molecule has 2 aromatic carbocycles. The quantitative estimate of drug-likeness (QED) is 0.310. The number of aryl methyl sites for hydroxylation is 1. The Morgan fingerprint density at radius 1 is 1.15 bits per heavy atom. The fourth-order valence-electron chi connectivity index (χ4n) is 3.36. The van der Waals surface area contributed by atoms with Crippen LogP contribution in [0.2, 0.25) is 0 Å². The molecule has 0 radical (unpaired) electrons. The molecule has 0 saturated carbocycles. The lowest BCUT2D eigenvalue weighted by Crippen LogP contribution is -2.36. The first-order valence-electron chi connectivity index (χ1n) is 11.8. The number of nitrogens with one attached hydrogen (secondary N) is 2. The first-order valence-corrected chi connectivity index (χ1v) is 11.8. The highest BCUT2D eigenvalue weighted by atomic mass is 16.5. The molecule has 3 aromatic rings. The summed E-state index contributed by atoms with van der Waals surface area (Å²) in [6.07, 6.45) is 3.52. The minimum Gasteiger partial charge on any atom is -0.408 e. The molecule has 0 fully saturated rings. The van der Waals surface area contributed by atoms with Gasteiger partial charge in [-0.2, -0.15) is 5.26 Å². The molecule has 0 spiro atoms. The zero-order valence-electron chi connectivity index (χ0n) is 20.5. The normalized spacial score (nSPS) is 12.3. The number of hydrogen-bond acceptors (Lipinski definition) is 5. The number of nitrogens with zero attached hydrogens (tertiary/aromatic N) is 1. The predicted molar refractivity (Wildman–Crippen MR) is 134 cm³/mol. The molecule has 0 aliphatic carbocycles. The molecule has 2 atom stereocenters. The number of carbonyl (C=O) groups is 1. The number of benzene rings is 2. The smallest absolute Gasteiger partial charge is 0.408 e. The number of carbonyl (C=O) groups excluding carboxylic acids is 1. The van der Waals surface area contributed by atoms with Gasteiger partial charge in [0.15, 0.2) is 5.58 Å². The lowest BCUT2D eigenvalue weighted by Gasteiger charge is -2.15. The summed E-state index contributed by atoms with van der Waals surface area (Å²) in [6.45, 7) is 9.02. The molecule has 2 N–H and O–H groups in total. The molecule has 0 aliphatic heterocycles. The van der Waals surface area contributed by atoms with E-state index in [1.54, 1.807) is 0 Å². The second-order valence-corrected chi connectivity index (χ2v) is 8.39. The van der Waals surface area contributed by atoms with Gasteiger partial charge < -0.3 is 14.5 Å². The molecule has 182 valence electrons. The molecule has 7 nitrogen and oxygen atoms in total. The highest BCUT2D eigenvalue weighted by Gasteiger charge is 2.16. The van der Waals surface area contributed by atoms with Gasteiger partial charge in [-0.15, -0.1) is 0 Å². The van der Waals surface area contributed by atoms with Gasteiger partial charge in [0.25, 0.3) is 0 Å². The molecular formula is C27H35N3O4. The third kappa shape index (κ3) is 8.53. The number of aromatic amines is 1. The first-order chi connectivity index (χ1) is 16.4. The lowest BCUT2D eigenvalue weighted by atomic mass is 10.0. The molecule has 1 heterocycles. The number of amides is 1. The van der Waals surface area contributed by atoms with E-state index < -0.39 is 11.9 Å². The Morgan fingerprint density at radius 3 is 2.50 bits per heavy atom. The molecule has 34 heavy (non-hydrogen) atoms. The second-order valence-electron chi connectivity index (χ2n) is 8.39. The predicted octanol–water partition coefficient (Wildman–Crippen LogP) is 5.34. The largest absolute Gasteiger partial charge is 0.417 e. The van der Waals surface area contributed by atoms with Crippen molar-refractivity contribution < 1.29 is 13.9 Å². The number of fused-ring (bicyclic) bond motifs is 1. The maximum Gasteiger partial charge on any atom is 0.417 e. The fourth-order valence-corrected chi connectivity index (χ4v) is 3.36. The van der Waals surface area contributed by atoms with E-state index in [2.05, 4.69) is 55.3 Å². The Balaban J connectivity index is 0.000000240. The van der Waals surface area contributed by atoms with Gasteiger partial charge in [0, 0.05) is 6.61 Å². The Hall–Kier alpha value is -3.37. The van der Waals surface area contributed by atoms with Crippen molar-refractivity contribution in [2.75, 3.05) is 13.2 Å². The van der Waals surface area contributed by atoms with Gasteiger partial charge in [0.2, 0.25) is 5.91 Å². The Morgan fingerprint density at radius 2 is 1.85 bits per heavy atom. The number of ether oxygens (including phenoxy) is 1. The van der Waals surface area contributed by atoms with Gasteiger partial charge in [-0.05, 0) is 55.4 Å². The summed E-state index contributed by atoms with van der Waals surface area (Å²) in [4.78, 5) is 25.2. The van der Waals surface area contributed by atoms with Crippen molar-refractivity contribution in [1.29, 1.82) is 5.26 Å². The molecule has 0 saturated heterocycles. The summed E-state index contributed by atoms with van der Waals surface area (Å²) in [6, 6.07) is 15.8. The van der Waals surface area contributed by atoms with Crippen molar-refractivity contribution >= 4 is 17.0 Å². The maximum atomic E-state index is 11.5. The lowest BCUT2D eigenvalue weighted by molar-refractivity contribution is -0.132. The van der Waals surface area contributed by atoms with E-state index in [1.165, 1.54) is 12.0 Å². The summed E-state index contributed by atoms with van der Waals surface area (Å²) in [5.74, 6) is 0.115. The number of nitriles is 1. The second kappa shape index (κ2) is 14.0. The van der Waals surface area contributed by atoms with Crippen LogP contribution in [0.3, 0.4) is 0 Å². The summed E-state index contributed by atoms with van der Waals surface area (Å²) < 4.78 is 10.5. The number of oxazole rings is 1. The van der Waals surface area contributed by atoms with Gasteiger partial charge in [-0.3, -0.25) is 9.78 Å². The third-order valence-electron chi connectivity index (χ3n) is 5.67. The van der Waals surface area contributed by atoms with Gasteiger partial charge in [-0.25, -0.2) is 4.79 Å². The van der Waals surface area contributed by atoms with Crippen LogP contribution < -0.4 is 11.1 Å². The first kappa shape index (κ1) is 26.9. The van der Waals surface area contributed by atoms with Crippen molar-refractivity contribution in [2.45, 2.75) is 59.5 Å². The molecule has 3 rings (SSSR count). The molecule has 1 amide bonds. The standard InChI is InChI=1S/C14H11NO2.C13H24N2O2/c1-9-2-4-10(5-3-9)11-6-7-13-12(8-11)15-14(16)17-13;1-4-11(3)7-6-10-17-12(5-2)13(16)15-9-8-14/h2-8H,1H3,(H,15,16);11-12H,4-7,9-10H2,1-3H3,(H,15,16). The van der Waals surface area contributed by atoms with Crippen molar-refractivity contribution in [3.8, 4) is 17.2 Å². The minimum absolute atomic E-state index is 0.0472. The minimum atomic E-state index is -0.416. The Labute approximate surface area is 201 Å². The number of rotatable bonds is 10. The van der Waals surface area contributed by atoms with Crippen LogP contribution in [-0.2, 0) is 9.53 Å². The molecule has 7 heteroatoms. The summed E-state index contributed by atoms with van der Waals surface area (Å²) in [5.41, 5.74) is 4.74. The average Bonchev–Trinajstić information content (AvgIpc) is 3.22. The molecule has 0 aliphatic rings. The average molecular weight is 466 g/mol. The third-order valence-corrected chi connectivity index (χ3v) is 5.67. The zero-order chi connectivity index (χ0) is 24.9. The summed E-state index contributed by atoms with van der Waals surface area (Å²) in [7, 11) is 0. The molecule has 2 unspecified atom stereocenters. The Kier molecular flexibility index (Phi) is 11.1. The van der Waals surface area contributed by atoms with E-state index in [4.69, 9.17) is 14.4 Å². The molecule has 0 bridgehead atoms. The van der Waals surface area contributed by atoms with Crippen LogP contribution in [-0.4, -0.2) is 30.1 Å². The van der Waals surface area contributed by atoms with E-state index in [9.17, 15) is 9.59 Å². The number of aromatic nitrogens is 1. The number of H-pyrrole nitrogens is 1. The van der Waals surface area contributed by atoms with Gasteiger partial charge in [0.1, 0.15) is 12.6 Å². The van der Waals surface area contributed by atoms with Crippen LogP contribution in [0.1, 0.15) is 52.0 Å². The Bertz CT molecular complexity index is 1130. The van der Waals surface area contributed by atoms with Crippen LogP contribution in [0.25, 0.3) is 22.2 Å². The monoisotopic (exact) mass is 465 g/mol. The van der Waals surface area contributed by atoms with Crippen LogP contribution in [0.15, 0.2) is 51.7 Å². The van der Waals surface area contributed by atoms with Crippen molar-refractivity contribution in [1.82, 2.24) is 10.3 Å². The summed E-state index contributed by atoms with van der Waals surface area (Å²) in [5, 5.41) is 10.9. The highest BCUT2D eigenvalue weighted by molar-refractivity contribution is 5.81. The van der Waals surface area contributed by atoms with E-state index in [-0.39, 0.29) is 12.5 Å². The highest BCUT2D eigenvalue weighted by Crippen LogP contribution is 2.23. The van der Waals surface area contributed by atoms with Crippen LogP contribution >= 0.6 is 0 Å². The van der Waals surface area contributed by atoms with Gasteiger partial charge in [0.05, 0.1) is 11.6 Å². The number of hydrogen-bond donors (Lipinski definition) is 2. The van der Waals surface area contributed by atoms with E-state index in [1.807, 2.05) is 31.2 Å². The van der Waals surface area contributed by atoms with Crippen molar-refractivity contribution in [3.63, 3.8) is 0 Å². The van der Waals surface area contributed by atoms with Crippen molar-refractivity contribution in [2.24, 2.45) is 5.92 Å².